The molecule has 0 aliphatic rings. The van der Waals surface area contributed by atoms with Crippen LogP contribution in [-0.2, 0) is 11.2 Å². The Hall–Kier alpha value is -0.930. The van der Waals surface area contributed by atoms with Gasteiger partial charge in [0.15, 0.2) is 0 Å². The van der Waals surface area contributed by atoms with Crippen molar-refractivity contribution in [3.63, 3.8) is 0 Å². The number of ether oxygens (including phenoxy) is 1. The lowest BCUT2D eigenvalue weighted by atomic mass is 9.89. The summed E-state index contributed by atoms with van der Waals surface area (Å²) in [5, 5.41) is 3.45. The third kappa shape index (κ3) is 7.01. The molecule has 0 fully saturated rings. The third-order valence-electron chi connectivity index (χ3n) is 3.79. The zero-order valence-electron chi connectivity index (χ0n) is 13.0. The van der Waals surface area contributed by atoms with E-state index in [-0.39, 0.29) is 5.82 Å². The number of rotatable bonds is 10. The Morgan fingerprint density at radius 2 is 1.95 bits per heavy atom. The van der Waals surface area contributed by atoms with Crippen LogP contribution in [0.3, 0.4) is 0 Å². The normalized spacial score (nSPS) is 14.2. The average molecular weight is 281 g/mol. The van der Waals surface area contributed by atoms with E-state index < -0.39 is 0 Å². The molecule has 114 valence electrons. The van der Waals surface area contributed by atoms with Crippen molar-refractivity contribution in [3.8, 4) is 0 Å². The number of nitrogens with one attached hydrogen (secondary N) is 1. The van der Waals surface area contributed by atoms with E-state index in [0.717, 1.165) is 32.0 Å². The molecule has 0 saturated carbocycles. The van der Waals surface area contributed by atoms with E-state index in [4.69, 9.17) is 4.74 Å². The standard InChI is InChI=1S/C17H28FNO/c1-4-14(2)11-16(13-19-9-10-20-3)12-15-5-7-17(18)8-6-15/h5-8,14,16,19H,4,9-13H2,1-3H3. The maximum atomic E-state index is 12.9. The fourth-order valence-electron chi connectivity index (χ4n) is 2.41. The molecule has 2 nitrogen and oxygen atoms in total. The van der Waals surface area contributed by atoms with E-state index in [2.05, 4.69) is 19.2 Å². The zero-order valence-corrected chi connectivity index (χ0v) is 13.0. The summed E-state index contributed by atoms with van der Waals surface area (Å²) < 4.78 is 18.0. The fraction of sp³-hybridized carbons (Fsp3) is 0.647. The van der Waals surface area contributed by atoms with Crippen LogP contribution in [0.2, 0.25) is 0 Å². The van der Waals surface area contributed by atoms with Crippen LogP contribution in [0.15, 0.2) is 24.3 Å². The summed E-state index contributed by atoms with van der Waals surface area (Å²) in [6, 6.07) is 6.89. The van der Waals surface area contributed by atoms with Crippen LogP contribution in [0, 0.1) is 17.7 Å². The Morgan fingerprint density at radius 1 is 1.25 bits per heavy atom. The molecule has 0 aliphatic carbocycles. The topological polar surface area (TPSA) is 21.3 Å². The molecule has 0 aliphatic heterocycles. The van der Waals surface area contributed by atoms with Gasteiger partial charge in [-0.1, -0.05) is 32.4 Å². The molecule has 1 aromatic carbocycles. The SMILES string of the molecule is CCC(C)CC(CNCCOC)Cc1ccc(F)cc1. The largest absolute Gasteiger partial charge is 0.383 e. The summed E-state index contributed by atoms with van der Waals surface area (Å²) in [6.07, 6.45) is 3.41. The Morgan fingerprint density at radius 3 is 2.55 bits per heavy atom. The van der Waals surface area contributed by atoms with Crippen LogP contribution in [0.4, 0.5) is 4.39 Å². The third-order valence-corrected chi connectivity index (χ3v) is 3.79. The van der Waals surface area contributed by atoms with Crippen molar-refractivity contribution < 1.29 is 9.13 Å². The van der Waals surface area contributed by atoms with E-state index in [1.54, 1.807) is 19.2 Å². The molecule has 1 N–H and O–H groups in total. The van der Waals surface area contributed by atoms with Gasteiger partial charge in [0.05, 0.1) is 6.61 Å². The maximum Gasteiger partial charge on any atom is 0.123 e. The van der Waals surface area contributed by atoms with Crippen LogP contribution in [0.1, 0.15) is 32.3 Å². The molecule has 3 heteroatoms. The summed E-state index contributed by atoms with van der Waals surface area (Å²) in [5.74, 6) is 1.15. The molecule has 0 spiro atoms. The van der Waals surface area contributed by atoms with Crippen molar-refractivity contribution >= 4 is 0 Å². The zero-order chi connectivity index (χ0) is 14.8. The highest BCUT2D eigenvalue weighted by atomic mass is 19.1. The van der Waals surface area contributed by atoms with Crippen molar-refractivity contribution in [2.24, 2.45) is 11.8 Å². The second-order valence-electron chi connectivity index (χ2n) is 5.64. The van der Waals surface area contributed by atoms with Gasteiger partial charge in [-0.15, -0.1) is 0 Å². The molecule has 0 amide bonds. The van der Waals surface area contributed by atoms with Crippen LogP contribution < -0.4 is 5.32 Å². The number of benzene rings is 1. The molecule has 1 aromatic rings. The molecule has 0 aromatic heterocycles. The summed E-state index contributed by atoms with van der Waals surface area (Å²) in [7, 11) is 1.72. The monoisotopic (exact) mass is 281 g/mol. The Bertz CT molecular complexity index is 353. The van der Waals surface area contributed by atoms with Gasteiger partial charge in [-0.2, -0.15) is 0 Å². The fourth-order valence-corrected chi connectivity index (χ4v) is 2.41. The predicted molar refractivity (Wildman–Crippen MR) is 82.4 cm³/mol. The lowest BCUT2D eigenvalue weighted by Gasteiger charge is -2.21. The first-order valence-corrected chi connectivity index (χ1v) is 7.59. The number of methoxy groups -OCH3 is 1. The molecular weight excluding hydrogens is 253 g/mol. The quantitative estimate of drug-likeness (QED) is 0.661. The van der Waals surface area contributed by atoms with E-state index in [1.807, 2.05) is 12.1 Å². The number of hydrogen-bond donors (Lipinski definition) is 1. The molecule has 0 saturated heterocycles. The molecule has 2 atom stereocenters. The lowest BCUT2D eigenvalue weighted by molar-refractivity contribution is 0.196. The van der Waals surface area contributed by atoms with E-state index in [0.29, 0.717) is 5.92 Å². The highest BCUT2D eigenvalue weighted by Gasteiger charge is 2.13. The Balaban J connectivity index is 2.49. The summed E-state index contributed by atoms with van der Waals surface area (Å²) in [6.45, 7) is 7.15. The van der Waals surface area contributed by atoms with Gasteiger partial charge in [-0.05, 0) is 48.9 Å². The van der Waals surface area contributed by atoms with Crippen LogP contribution in [-0.4, -0.2) is 26.8 Å². The smallest absolute Gasteiger partial charge is 0.123 e. The first-order chi connectivity index (χ1) is 9.65. The van der Waals surface area contributed by atoms with Crippen molar-refractivity contribution in [3.05, 3.63) is 35.6 Å². The maximum absolute atomic E-state index is 12.9. The van der Waals surface area contributed by atoms with Gasteiger partial charge in [0, 0.05) is 13.7 Å². The van der Waals surface area contributed by atoms with Gasteiger partial charge in [-0.3, -0.25) is 0 Å². The molecule has 1 rings (SSSR count). The summed E-state index contributed by atoms with van der Waals surface area (Å²) >= 11 is 0. The minimum atomic E-state index is -0.162. The molecule has 20 heavy (non-hydrogen) atoms. The van der Waals surface area contributed by atoms with Gasteiger partial charge >= 0.3 is 0 Å². The predicted octanol–water partition coefficient (Wildman–Crippen LogP) is 3.66. The summed E-state index contributed by atoms with van der Waals surface area (Å²) in [4.78, 5) is 0. The first kappa shape index (κ1) is 17.1. The van der Waals surface area contributed by atoms with Crippen molar-refractivity contribution in [2.75, 3.05) is 26.8 Å². The Labute approximate surface area is 122 Å². The van der Waals surface area contributed by atoms with Crippen molar-refractivity contribution in [2.45, 2.75) is 33.1 Å². The van der Waals surface area contributed by atoms with E-state index in [9.17, 15) is 4.39 Å². The van der Waals surface area contributed by atoms with Gasteiger partial charge in [0.2, 0.25) is 0 Å². The molecule has 0 heterocycles. The van der Waals surface area contributed by atoms with Crippen molar-refractivity contribution in [1.82, 2.24) is 5.32 Å². The number of hydrogen-bond acceptors (Lipinski definition) is 2. The molecule has 2 unspecified atom stereocenters. The van der Waals surface area contributed by atoms with Gasteiger partial charge in [0.1, 0.15) is 5.82 Å². The Kier molecular flexibility index (Phi) is 8.47. The lowest BCUT2D eigenvalue weighted by Crippen LogP contribution is -2.28. The van der Waals surface area contributed by atoms with Gasteiger partial charge in [0.25, 0.3) is 0 Å². The van der Waals surface area contributed by atoms with Gasteiger partial charge < -0.3 is 10.1 Å². The summed E-state index contributed by atoms with van der Waals surface area (Å²) in [5.41, 5.74) is 1.22. The van der Waals surface area contributed by atoms with Crippen molar-refractivity contribution in [1.29, 1.82) is 0 Å². The first-order valence-electron chi connectivity index (χ1n) is 7.59. The second kappa shape index (κ2) is 9.89. The molecule has 0 bridgehead atoms. The highest BCUT2D eigenvalue weighted by Crippen LogP contribution is 2.19. The van der Waals surface area contributed by atoms with E-state index in [1.165, 1.54) is 18.4 Å². The minimum absolute atomic E-state index is 0.162. The van der Waals surface area contributed by atoms with Crippen LogP contribution in [0.5, 0.6) is 0 Å². The average Bonchev–Trinajstić information content (AvgIpc) is 2.45. The van der Waals surface area contributed by atoms with Crippen LogP contribution >= 0.6 is 0 Å². The highest BCUT2D eigenvalue weighted by molar-refractivity contribution is 5.16. The minimum Gasteiger partial charge on any atom is -0.383 e. The van der Waals surface area contributed by atoms with Crippen LogP contribution in [0.25, 0.3) is 0 Å². The molecule has 0 radical (unpaired) electrons. The second-order valence-corrected chi connectivity index (χ2v) is 5.64. The van der Waals surface area contributed by atoms with E-state index >= 15 is 0 Å². The molecular formula is C17H28FNO. The van der Waals surface area contributed by atoms with Gasteiger partial charge in [-0.25, -0.2) is 4.39 Å². The number of halogens is 1.